The molecule has 1 heterocycles. The molecule has 0 aliphatic carbocycles. The molecule has 112 valence electrons. The predicted molar refractivity (Wildman–Crippen MR) is 85.5 cm³/mol. The van der Waals surface area contributed by atoms with Crippen molar-refractivity contribution in [2.45, 2.75) is 17.3 Å². The van der Waals surface area contributed by atoms with Gasteiger partial charge in [-0.05, 0) is 31.2 Å². The molecule has 0 bridgehead atoms. The van der Waals surface area contributed by atoms with E-state index in [4.69, 9.17) is 11.6 Å². The molecule has 2 rings (SSSR count). The smallest absolute Gasteiger partial charge is 0.235 e. The van der Waals surface area contributed by atoms with E-state index in [2.05, 4.69) is 10.2 Å². The molecule has 0 fully saturated rings. The summed E-state index contributed by atoms with van der Waals surface area (Å²) in [5.74, 6) is 0.801. The Balaban J connectivity index is 2.21. The molecule has 1 amide bonds. The van der Waals surface area contributed by atoms with Gasteiger partial charge in [0.1, 0.15) is 0 Å². The molecule has 1 atom stereocenters. The van der Waals surface area contributed by atoms with Crippen LogP contribution in [0.5, 0.6) is 0 Å². The second-order valence-corrected chi connectivity index (χ2v) is 6.61. The molecular formula is C14H17ClN4OS. The van der Waals surface area contributed by atoms with Gasteiger partial charge in [-0.25, -0.2) is 0 Å². The quantitative estimate of drug-likeness (QED) is 0.811. The van der Waals surface area contributed by atoms with Crippen molar-refractivity contribution in [3.05, 3.63) is 29.3 Å². The first-order chi connectivity index (χ1) is 9.90. The summed E-state index contributed by atoms with van der Waals surface area (Å²) in [6, 6.07) is 7.43. The zero-order chi connectivity index (χ0) is 15.6. The summed E-state index contributed by atoms with van der Waals surface area (Å²) in [4.78, 5) is 13.5. The molecule has 0 spiro atoms. The Morgan fingerprint density at radius 2 is 1.90 bits per heavy atom. The monoisotopic (exact) mass is 324 g/mol. The third-order valence-electron chi connectivity index (χ3n) is 3.01. The number of hydrogen-bond donors (Lipinski definition) is 0. The summed E-state index contributed by atoms with van der Waals surface area (Å²) in [5.41, 5.74) is 0.938. The molecule has 1 aromatic heterocycles. The average Bonchev–Trinajstić information content (AvgIpc) is 2.80. The first kappa shape index (κ1) is 15.9. The van der Waals surface area contributed by atoms with Crippen molar-refractivity contribution in [1.82, 2.24) is 19.7 Å². The second kappa shape index (κ2) is 6.49. The van der Waals surface area contributed by atoms with Gasteiger partial charge in [-0.15, -0.1) is 10.2 Å². The summed E-state index contributed by atoms with van der Waals surface area (Å²) in [5, 5.41) is 9.55. The first-order valence-electron chi connectivity index (χ1n) is 6.43. The van der Waals surface area contributed by atoms with Crippen molar-refractivity contribution < 1.29 is 4.79 Å². The number of amides is 1. The topological polar surface area (TPSA) is 51.0 Å². The third-order valence-corrected chi connectivity index (χ3v) is 4.38. The lowest BCUT2D eigenvalue weighted by Crippen LogP contribution is -2.29. The Labute approximate surface area is 133 Å². The first-order valence-corrected chi connectivity index (χ1v) is 7.69. The van der Waals surface area contributed by atoms with Crippen LogP contribution in [-0.2, 0) is 11.8 Å². The van der Waals surface area contributed by atoms with Crippen molar-refractivity contribution in [2.75, 3.05) is 14.1 Å². The summed E-state index contributed by atoms with van der Waals surface area (Å²) < 4.78 is 1.88. The van der Waals surface area contributed by atoms with Gasteiger partial charge < -0.3 is 9.47 Å². The Hall–Kier alpha value is -1.53. The fourth-order valence-corrected chi connectivity index (χ4v) is 2.93. The van der Waals surface area contributed by atoms with Gasteiger partial charge in [0.2, 0.25) is 5.91 Å². The minimum absolute atomic E-state index is 0.0519. The number of benzene rings is 1. The number of carbonyl (C=O) groups excluding carboxylic acids is 1. The number of hydrogen-bond acceptors (Lipinski definition) is 4. The molecule has 0 saturated carbocycles. The zero-order valence-electron chi connectivity index (χ0n) is 12.4. The molecule has 0 saturated heterocycles. The van der Waals surface area contributed by atoms with E-state index in [9.17, 15) is 4.79 Å². The van der Waals surface area contributed by atoms with Crippen LogP contribution in [0.3, 0.4) is 0 Å². The Kier molecular flexibility index (Phi) is 4.90. The minimum atomic E-state index is -0.207. The van der Waals surface area contributed by atoms with Gasteiger partial charge in [-0.2, -0.15) is 0 Å². The molecule has 1 aromatic carbocycles. The average molecular weight is 325 g/mol. The molecule has 7 heteroatoms. The van der Waals surface area contributed by atoms with E-state index in [1.807, 2.05) is 42.8 Å². The van der Waals surface area contributed by atoms with Crippen LogP contribution in [0, 0.1) is 0 Å². The van der Waals surface area contributed by atoms with Crippen molar-refractivity contribution in [3.8, 4) is 11.4 Å². The van der Waals surface area contributed by atoms with Crippen LogP contribution in [0.4, 0.5) is 0 Å². The van der Waals surface area contributed by atoms with Gasteiger partial charge in [0.05, 0.1) is 5.25 Å². The number of halogens is 1. The van der Waals surface area contributed by atoms with E-state index in [1.54, 1.807) is 19.0 Å². The van der Waals surface area contributed by atoms with Crippen LogP contribution in [-0.4, -0.2) is 44.9 Å². The fourth-order valence-electron chi connectivity index (χ4n) is 1.84. The largest absolute Gasteiger partial charge is 0.348 e. The van der Waals surface area contributed by atoms with Gasteiger partial charge >= 0.3 is 0 Å². The van der Waals surface area contributed by atoms with E-state index in [1.165, 1.54) is 11.8 Å². The maximum Gasteiger partial charge on any atom is 0.235 e. The number of carbonyl (C=O) groups is 1. The molecule has 0 unspecified atom stereocenters. The summed E-state index contributed by atoms with van der Waals surface area (Å²) in [6.07, 6.45) is 0. The molecular weight excluding hydrogens is 308 g/mol. The molecule has 5 nitrogen and oxygen atoms in total. The van der Waals surface area contributed by atoms with E-state index in [-0.39, 0.29) is 11.2 Å². The second-order valence-electron chi connectivity index (χ2n) is 4.86. The maximum atomic E-state index is 11.9. The van der Waals surface area contributed by atoms with Crippen LogP contribution in [0.1, 0.15) is 6.92 Å². The Morgan fingerprint density at radius 1 is 1.29 bits per heavy atom. The third kappa shape index (κ3) is 3.57. The van der Waals surface area contributed by atoms with Gasteiger partial charge in [-0.1, -0.05) is 23.4 Å². The molecule has 0 radical (unpaired) electrons. The Morgan fingerprint density at radius 3 is 2.48 bits per heavy atom. The van der Waals surface area contributed by atoms with Gasteiger partial charge in [0.25, 0.3) is 0 Å². The minimum Gasteiger partial charge on any atom is -0.348 e. The standard InChI is InChI=1S/C14H17ClN4OS/c1-9(13(20)18(2)3)21-14-17-16-12(19(14)4)10-5-7-11(15)8-6-10/h5-9H,1-4H3/t9-/m1/s1. The molecule has 21 heavy (non-hydrogen) atoms. The van der Waals surface area contributed by atoms with Crippen molar-refractivity contribution >= 4 is 29.3 Å². The number of rotatable bonds is 4. The van der Waals surface area contributed by atoms with E-state index < -0.39 is 0 Å². The zero-order valence-corrected chi connectivity index (χ0v) is 13.9. The molecule has 2 aromatic rings. The lowest BCUT2D eigenvalue weighted by Gasteiger charge is -2.15. The number of thioether (sulfide) groups is 1. The molecule has 0 N–H and O–H groups in total. The predicted octanol–water partition coefficient (Wildman–Crippen LogP) is 2.70. The van der Waals surface area contributed by atoms with Crippen molar-refractivity contribution in [2.24, 2.45) is 7.05 Å². The highest BCUT2D eigenvalue weighted by Gasteiger charge is 2.20. The number of aromatic nitrogens is 3. The van der Waals surface area contributed by atoms with Gasteiger partial charge in [0, 0.05) is 31.7 Å². The van der Waals surface area contributed by atoms with Gasteiger partial charge in [0.15, 0.2) is 11.0 Å². The molecule has 0 aliphatic rings. The highest BCUT2D eigenvalue weighted by molar-refractivity contribution is 8.00. The highest BCUT2D eigenvalue weighted by atomic mass is 35.5. The number of nitrogens with zero attached hydrogens (tertiary/aromatic N) is 4. The summed E-state index contributed by atoms with van der Waals surface area (Å²) >= 11 is 7.29. The Bertz CT molecular complexity index is 639. The van der Waals surface area contributed by atoms with Crippen LogP contribution in [0.2, 0.25) is 5.02 Å². The fraction of sp³-hybridized carbons (Fsp3) is 0.357. The van der Waals surface area contributed by atoms with Crippen molar-refractivity contribution in [1.29, 1.82) is 0 Å². The lowest BCUT2D eigenvalue weighted by atomic mass is 10.2. The van der Waals surface area contributed by atoms with Gasteiger partial charge in [-0.3, -0.25) is 4.79 Å². The van der Waals surface area contributed by atoms with Crippen LogP contribution in [0.25, 0.3) is 11.4 Å². The molecule has 0 aliphatic heterocycles. The maximum absolute atomic E-state index is 11.9. The van der Waals surface area contributed by atoms with E-state index in [0.29, 0.717) is 10.2 Å². The SMILES string of the molecule is C[C@@H](Sc1nnc(-c2ccc(Cl)cc2)n1C)C(=O)N(C)C. The normalized spacial score (nSPS) is 12.2. The van der Waals surface area contributed by atoms with E-state index >= 15 is 0 Å². The lowest BCUT2D eigenvalue weighted by molar-refractivity contribution is -0.127. The highest BCUT2D eigenvalue weighted by Crippen LogP contribution is 2.26. The van der Waals surface area contributed by atoms with Crippen molar-refractivity contribution in [3.63, 3.8) is 0 Å². The van der Waals surface area contributed by atoms with Crippen LogP contribution >= 0.6 is 23.4 Å². The van der Waals surface area contributed by atoms with Crippen LogP contribution < -0.4 is 0 Å². The van der Waals surface area contributed by atoms with Crippen LogP contribution in [0.15, 0.2) is 29.4 Å². The van der Waals surface area contributed by atoms with E-state index in [0.717, 1.165) is 11.4 Å². The summed E-state index contributed by atoms with van der Waals surface area (Å²) in [6.45, 7) is 1.86. The summed E-state index contributed by atoms with van der Waals surface area (Å²) in [7, 11) is 5.38.